The Balaban J connectivity index is 2.07. The summed E-state index contributed by atoms with van der Waals surface area (Å²) in [6, 6.07) is 3.35. The standard InChI is InChI=1S/C13H15NO4S2/c1-13(6-8-20(17,18)9-13)14-12(16)11-5-4-10(19-11)3-2-7-15/h4-5,15H,6-9H2,1H3,(H,14,16). The minimum Gasteiger partial charge on any atom is -0.384 e. The molecule has 7 heteroatoms. The van der Waals surface area contributed by atoms with Crippen molar-refractivity contribution < 1.29 is 18.3 Å². The third kappa shape index (κ3) is 3.60. The fourth-order valence-electron chi connectivity index (χ4n) is 2.10. The molecule has 108 valence electrons. The molecule has 20 heavy (non-hydrogen) atoms. The monoisotopic (exact) mass is 313 g/mol. The normalized spacial score (nSPS) is 23.9. The van der Waals surface area contributed by atoms with E-state index >= 15 is 0 Å². The molecule has 1 aliphatic heterocycles. The molecule has 1 aliphatic rings. The number of aliphatic hydroxyl groups is 1. The Morgan fingerprint density at radius 1 is 1.55 bits per heavy atom. The first-order chi connectivity index (χ1) is 9.34. The number of rotatable bonds is 2. The van der Waals surface area contributed by atoms with E-state index in [1.54, 1.807) is 19.1 Å². The van der Waals surface area contributed by atoms with Crippen molar-refractivity contribution in [2.24, 2.45) is 0 Å². The first-order valence-corrected chi connectivity index (χ1v) is 8.70. The van der Waals surface area contributed by atoms with Gasteiger partial charge in [-0.25, -0.2) is 8.42 Å². The molecule has 1 aromatic heterocycles. The second-order valence-electron chi connectivity index (χ2n) is 4.98. The summed E-state index contributed by atoms with van der Waals surface area (Å²) in [5.74, 6) is 5.05. The molecule has 1 unspecified atom stereocenters. The van der Waals surface area contributed by atoms with Crippen LogP contribution < -0.4 is 5.32 Å². The van der Waals surface area contributed by atoms with Crippen LogP contribution in [0.3, 0.4) is 0 Å². The highest BCUT2D eigenvalue weighted by molar-refractivity contribution is 7.91. The van der Waals surface area contributed by atoms with Crippen LogP contribution >= 0.6 is 11.3 Å². The van der Waals surface area contributed by atoms with Crippen molar-refractivity contribution in [3.05, 3.63) is 21.9 Å². The third-order valence-electron chi connectivity index (χ3n) is 3.04. The Bertz CT molecular complexity index is 681. The van der Waals surface area contributed by atoms with Crippen LogP contribution in [0.25, 0.3) is 0 Å². The van der Waals surface area contributed by atoms with Gasteiger partial charge in [-0.05, 0) is 25.5 Å². The average Bonchev–Trinajstić information content (AvgIpc) is 2.91. The molecular formula is C13H15NO4S2. The molecule has 2 rings (SSSR count). The molecule has 0 aromatic carbocycles. The molecule has 1 saturated heterocycles. The van der Waals surface area contributed by atoms with Crippen LogP contribution in [0.1, 0.15) is 27.9 Å². The maximum atomic E-state index is 12.1. The quantitative estimate of drug-likeness (QED) is 0.774. The van der Waals surface area contributed by atoms with Gasteiger partial charge in [0.05, 0.1) is 26.8 Å². The summed E-state index contributed by atoms with van der Waals surface area (Å²) in [5.41, 5.74) is -0.698. The number of carbonyl (C=O) groups excluding carboxylic acids is 1. The highest BCUT2D eigenvalue weighted by atomic mass is 32.2. The number of aliphatic hydroxyl groups excluding tert-OH is 1. The predicted octanol–water partition coefficient (Wildman–Crippen LogP) is 0.399. The van der Waals surface area contributed by atoms with Crippen LogP contribution in [0.4, 0.5) is 0 Å². The summed E-state index contributed by atoms with van der Waals surface area (Å²) in [6.07, 6.45) is 0.434. The number of carbonyl (C=O) groups is 1. The van der Waals surface area contributed by atoms with E-state index in [1.165, 1.54) is 11.3 Å². The fourth-order valence-corrected chi connectivity index (χ4v) is 4.97. The topological polar surface area (TPSA) is 83.5 Å². The molecule has 0 spiro atoms. The summed E-state index contributed by atoms with van der Waals surface area (Å²) >= 11 is 1.22. The maximum absolute atomic E-state index is 12.1. The van der Waals surface area contributed by atoms with Crippen LogP contribution in [-0.4, -0.2) is 43.1 Å². The molecule has 1 amide bonds. The van der Waals surface area contributed by atoms with E-state index in [0.29, 0.717) is 16.2 Å². The SMILES string of the molecule is CC1(NC(=O)c2ccc(C#CCO)s2)CCS(=O)(=O)C1. The number of amides is 1. The van der Waals surface area contributed by atoms with E-state index in [1.807, 2.05) is 0 Å². The Kier molecular flexibility index (Phi) is 4.18. The Morgan fingerprint density at radius 3 is 2.90 bits per heavy atom. The van der Waals surface area contributed by atoms with Gasteiger partial charge in [0.15, 0.2) is 9.84 Å². The summed E-state index contributed by atoms with van der Waals surface area (Å²) in [5, 5.41) is 11.4. The van der Waals surface area contributed by atoms with Crippen molar-refractivity contribution in [1.29, 1.82) is 0 Å². The molecule has 0 aliphatic carbocycles. The number of thiophene rings is 1. The van der Waals surface area contributed by atoms with E-state index in [2.05, 4.69) is 17.2 Å². The van der Waals surface area contributed by atoms with Crippen molar-refractivity contribution in [3.63, 3.8) is 0 Å². The van der Waals surface area contributed by atoms with Gasteiger partial charge in [-0.2, -0.15) is 0 Å². The maximum Gasteiger partial charge on any atom is 0.261 e. The second kappa shape index (κ2) is 5.56. The highest BCUT2D eigenvalue weighted by Crippen LogP contribution is 2.24. The molecule has 2 heterocycles. The van der Waals surface area contributed by atoms with Gasteiger partial charge in [0.2, 0.25) is 0 Å². The lowest BCUT2D eigenvalue weighted by Crippen LogP contribution is -2.46. The van der Waals surface area contributed by atoms with Gasteiger partial charge in [0, 0.05) is 0 Å². The zero-order chi connectivity index (χ0) is 14.8. The van der Waals surface area contributed by atoms with Gasteiger partial charge in [0.25, 0.3) is 5.91 Å². The van der Waals surface area contributed by atoms with E-state index < -0.39 is 15.4 Å². The molecular weight excluding hydrogens is 298 g/mol. The molecule has 0 radical (unpaired) electrons. The van der Waals surface area contributed by atoms with Crippen LogP contribution in [-0.2, 0) is 9.84 Å². The lowest BCUT2D eigenvalue weighted by molar-refractivity contribution is 0.0919. The zero-order valence-corrected chi connectivity index (χ0v) is 12.6. The molecule has 1 fully saturated rings. The molecule has 1 atom stereocenters. The van der Waals surface area contributed by atoms with Crippen LogP contribution in [0.2, 0.25) is 0 Å². The van der Waals surface area contributed by atoms with E-state index in [0.717, 1.165) is 0 Å². The Hall–Kier alpha value is -1.36. The van der Waals surface area contributed by atoms with Crippen LogP contribution in [0.5, 0.6) is 0 Å². The molecule has 1 aromatic rings. The Morgan fingerprint density at radius 2 is 2.30 bits per heavy atom. The van der Waals surface area contributed by atoms with Gasteiger partial charge in [-0.3, -0.25) is 4.79 Å². The van der Waals surface area contributed by atoms with Crippen molar-refractivity contribution in [1.82, 2.24) is 5.32 Å². The number of sulfone groups is 1. The largest absolute Gasteiger partial charge is 0.384 e. The van der Waals surface area contributed by atoms with Crippen molar-refractivity contribution in [3.8, 4) is 11.8 Å². The summed E-state index contributed by atoms with van der Waals surface area (Å²) in [6.45, 7) is 1.52. The molecule has 2 N–H and O–H groups in total. The van der Waals surface area contributed by atoms with E-state index in [4.69, 9.17) is 5.11 Å². The van der Waals surface area contributed by atoms with Gasteiger partial charge in [-0.1, -0.05) is 11.8 Å². The summed E-state index contributed by atoms with van der Waals surface area (Å²) in [4.78, 5) is 13.3. The Labute approximate surface area is 121 Å². The molecule has 0 bridgehead atoms. The highest BCUT2D eigenvalue weighted by Gasteiger charge is 2.39. The fraction of sp³-hybridized carbons (Fsp3) is 0.462. The minimum absolute atomic E-state index is 0.0196. The number of hydrogen-bond acceptors (Lipinski definition) is 5. The third-order valence-corrected chi connectivity index (χ3v) is 5.94. The lowest BCUT2D eigenvalue weighted by atomic mass is 10.0. The first-order valence-electron chi connectivity index (χ1n) is 6.06. The minimum atomic E-state index is -3.05. The predicted molar refractivity (Wildman–Crippen MR) is 77.4 cm³/mol. The number of nitrogens with one attached hydrogen (secondary N) is 1. The lowest BCUT2D eigenvalue weighted by Gasteiger charge is -2.23. The van der Waals surface area contributed by atoms with E-state index in [9.17, 15) is 13.2 Å². The number of hydrogen-bond donors (Lipinski definition) is 2. The van der Waals surface area contributed by atoms with Gasteiger partial charge >= 0.3 is 0 Å². The van der Waals surface area contributed by atoms with Crippen molar-refractivity contribution in [2.45, 2.75) is 18.9 Å². The summed E-state index contributed by atoms with van der Waals surface area (Å²) < 4.78 is 23.0. The van der Waals surface area contributed by atoms with Crippen molar-refractivity contribution >= 4 is 27.1 Å². The first kappa shape index (κ1) is 15.0. The van der Waals surface area contributed by atoms with Crippen LogP contribution in [0, 0.1) is 11.8 Å². The van der Waals surface area contributed by atoms with Crippen molar-refractivity contribution in [2.75, 3.05) is 18.1 Å². The van der Waals surface area contributed by atoms with Gasteiger partial charge < -0.3 is 10.4 Å². The average molecular weight is 313 g/mol. The van der Waals surface area contributed by atoms with Gasteiger partial charge in [-0.15, -0.1) is 11.3 Å². The molecule has 0 saturated carbocycles. The second-order valence-corrected chi connectivity index (χ2v) is 8.25. The summed E-state index contributed by atoms with van der Waals surface area (Å²) in [7, 11) is -3.05. The zero-order valence-electron chi connectivity index (χ0n) is 11.0. The molecule has 5 nitrogen and oxygen atoms in total. The van der Waals surface area contributed by atoms with E-state index in [-0.39, 0.29) is 24.0 Å². The van der Waals surface area contributed by atoms with Gasteiger partial charge in [0.1, 0.15) is 6.61 Å². The smallest absolute Gasteiger partial charge is 0.261 e. The van der Waals surface area contributed by atoms with Crippen LogP contribution in [0.15, 0.2) is 12.1 Å².